The standard InChI is InChI=1S/C47H50N6O5/c1-30(54)50-41(27-31-17-20-34-10-2-5-13-37(34)24-31)45(56)52-43(29-33-19-22-36-12-4-7-15-39(36)26-33)47(58)53-42(46(57)51-40(44(49)55)16-8-9-23-48)28-32-18-21-35-11-3-6-14-38(35)25-32/h2-7,10-15,17-22,24-26,40-43H,8-9,16,23,27-29,48H2,1H3,(H2,49,55)(H,50,54)(H,51,57)(H,52,56)(H,53,58)/t40-,41-,42-,43-/m1/s1. The first kappa shape index (κ1) is 41.1. The predicted octanol–water partition coefficient (Wildman–Crippen LogP) is 4.75. The lowest BCUT2D eigenvalue weighted by Gasteiger charge is -2.26. The van der Waals surface area contributed by atoms with Crippen molar-refractivity contribution in [2.24, 2.45) is 11.5 Å². The van der Waals surface area contributed by atoms with E-state index < -0.39 is 53.7 Å². The van der Waals surface area contributed by atoms with Crippen LogP contribution in [0.1, 0.15) is 42.9 Å². The minimum Gasteiger partial charge on any atom is -0.368 e. The smallest absolute Gasteiger partial charge is 0.243 e. The fraction of sp³-hybridized carbons (Fsp3) is 0.255. The molecule has 0 heterocycles. The highest BCUT2D eigenvalue weighted by atomic mass is 16.2. The SMILES string of the molecule is CC(=O)N[C@H](Cc1ccc2ccccc2c1)C(=O)N[C@H](Cc1ccc2ccccc2c1)C(=O)N[C@H](Cc1ccc2ccccc2c1)C(=O)N[C@H](CCCCN)C(N)=O. The monoisotopic (exact) mass is 778 g/mol. The van der Waals surface area contributed by atoms with Crippen LogP contribution in [0.25, 0.3) is 32.3 Å². The molecule has 6 aromatic rings. The Morgan fingerprint density at radius 2 is 0.810 bits per heavy atom. The Balaban J connectivity index is 1.30. The van der Waals surface area contributed by atoms with Crippen molar-refractivity contribution < 1.29 is 24.0 Å². The van der Waals surface area contributed by atoms with Crippen molar-refractivity contribution in [1.82, 2.24) is 21.3 Å². The third kappa shape index (κ3) is 11.0. The van der Waals surface area contributed by atoms with Gasteiger partial charge in [-0.1, -0.05) is 127 Å². The molecule has 58 heavy (non-hydrogen) atoms. The Morgan fingerprint density at radius 1 is 0.466 bits per heavy atom. The topological polar surface area (TPSA) is 186 Å². The number of amides is 5. The van der Waals surface area contributed by atoms with Crippen LogP contribution in [0.15, 0.2) is 127 Å². The van der Waals surface area contributed by atoms with Crippen LogP contribution in [0.4, 0.5) is 0 Å². The van der Waals surface area contributed by atoms with Crippen LogP contribution in [0, 0.1) is 0 Å². The molecule has 0 aromatic heterocycles. The average molecular weight is 779 g/mol. The van der Waals surface area contributed by atoms with E-state index in [1.165, 1.54) is 6.92 Å². The summed E-state index contributed by atoms with van der Waals surface area (Å²) in [5, 5.41) is 17.3. The normalized spacial score (nSPS) is 13.3. The molecule has 0 aliphatic heterocycles. The fourth-order valence-corrected chi connectivity index (χ4v) is 7.27. The van der Waals surface area contributed by atoms with Crippen molar-refractivity contribution in [3.05, 3.63) is 144 Å². The van der Waals surface area contributed by atoms with E-state index in [4.69, 9.17) is 11.5 Å². The van der Waals surface area contributed by atoms with Gasteiger partial charge in [0.25, 0.3) is 0 Å². The summed E-state index contributed by atoms with van der Waals surface area (Å²) in [5.74, 6) is -2.87. The second kappa shape index (κ2) is 19.5. The maximum absolute atomic E-state index is 14.5. The lowest BCUT2D eigenvalue weighted by Crippen LogP contribution is -2.59. The van der Waals surface area contributed by atoms with E-state index in [0.29, 0.717) is 19.4 Å². The van der Waals surface area contributed by atoms with Gasteiger partial charge in [-0.2, -0.15) is 0 Å². The third-order valence-electron chi connectivity index (χ3n) is 10.3. The molecule has 0 aliphatic carbocycles. The van der Waals surface area contributed by atoms with Crippen molar-refractivity contribution in [1.29, 1.82) is 0 Å². The molecule has 0 radical (unpaired) electrons. The number of nitrogens with two attached hydrogens (primary N) is 2. The molecule has 11 nitrogen and oxygen atoms in total. The van der Waals surface area contributed by atoms with Gasteiger partial charge in [0.1, 0.15) is 24.2 Å². The summed E-state index contributed by atoms with van der Waals surface area (Å²) in [6, 6.07) is 36.6. The van der Waals surface area contributed by atoms with Gasteiger partial charge >= 0.3 is 0 Å². The molecule has 6 rings (SSSR count). The molecular weight excluding hydrogens is 729 g/mol. The summed E-state index contributed by atoms with van der Waals surface area (Å²) >= 11 is 0. The van der Waals surface area contributed by atoms with E-state index >= 15 is 0 Å². The summed E-state index contributed by atoms with van der Waals surface area (Å²) in [7, 11) is 0. The molecule has 0 unspecified atom stereocenters. The van der Waals surface area contributed by atoms with Gasteiger partial charge in [-0.25, -0.2) is 0 Å². The molecular formula is C47H50N6O5. The molecule has 4 atom stereocenters. The second-order valence-corrected chi connectivity index (χ2v) is 14.8. The largest absolute Gasteiger partial charge is 0.368 e. The first-order valence-electron chi connectivity index (χ1n) is 19.7. The number of carbonyl (C=O) groups is 5. The van der Waals surface area contributed by atoms with E-state index in [1.54, 1.807) is 0 Å². The van der Waals surface area contributed by atoms with Crippen LogP contribution < -0.4 is 32.7 Å². The number of primary amides is 1. The summed E-state index contributed by atoms with van der Waals surface area (Å²) in [6.07, 6.45) is 1.85. The third-order valence-corrected chi connectivity index (χ3v) is 10.3. The molecule has 0 saturated carbocycles. The number of hydrogen-bond donors (Lipinski definition) is 6. The zero-order valence-electron chi connectivity index (χ0n) is 32.6. The number of nitrogens with one attached hydrogen (secondary N) is 4. The van der Waals surface area contributed by atoms with Gasteiger partial charge in [-0.3, -0.25) is 24.0 Å². The van der Waals surface area contributed by atoms with Crippen molar-refractivity contribution in [3.63, 3.8) is 0 Å². The summed E-state index contributed by atoms with van der Waals surface area (Å²) in [5.41, 5.74) is 13.7. The Kier molecular flexibility index (Phi) is 13.8. The van der Waals surface area contributed by atoms with Gasteiger partial charge in [0.05, 0.1) is 0 Å². The summed E-state index contributed by atoms with van der Waals surface area (Å²) in [6.45, 7) is 1.76. The second-order valence-electron chi connectivity index (χ2n) is 14.8. The van der Waals surface area contributed by atoms with Crippen LogP contribution in [0.5, 0.6) is 0 Å². The van der Waals surface area contributed by atoms with E-state index in [1.807, 2.05) is 127 Å². The van der Waals surface area contributed by atoms with Crippen LogP contribution in [-0.2, 0) is 43.2 Å². The van der Waals surface area contributed by atoms with E-state index in [-0.39, 0.29) is 25.7 Å². The van der Waals surface area contributed by atoms with E-state index in [0.717, 1.165) is 49.0 Å². The highest BCUT2D eigenvalue weighted by Crippen LogP contribution is 2.20. The molecule has 0 fully saturated rings. The van der Waals surface area contributed by atoms with Gasteiger partial charge in [-0.15, -0.1) is 0 Å². The van der Waals surface area contributed by atoms with Crippen LogP contribution >= 0.6 is 0 Å². The number of unbranched alkanes of at least 4 members (excludes halogenated alkanes) is 1. The maximum Gasteiger partial charge on any atom is 0.243 e. The zero-order valence-corrected chi connectivity index (χ0v) is 32.6. The molecule has 6 aromatic carbocycles. The summed E-state index contributed by atoms with van der Waals surface area (Å²) in [4.78, 5) is 67.7. The molecule has 0 saturated heterocycles. The predicted molar refractivity (Wildman–Crippen MR) is 228 cm³/mol. The van der Waals surface area contributed by atoms with Crippen molar-refractivity contribution in [3.8, 4) is 0 Å². The highest BCUT2D eigenvalue weighted by molar-refractivity contribution is 5.96. The van der Waals surface area contributed by atoms with E-state index in [9.17, 15) is 24.0 Å². The lowest BCUT2D eigenvalue weighted by molar-refractivity contribution is -0.134. The van der Waals surface area contributed by atoms with Gasteiger partial charge < -0.3 is 32.7 Å². The molecule has 8 N–H and O–H groups in total. The maximum atomic E-state index is 14.5. The Bertz CT molecular complexity index is 2430. The van der Waals surface area contributed by atoms with Crippen LogP contribution in [-0.4, -0.2) is 60.2 Å². The number of hydrogen-bond acceptors (Lipinski definition) is 6. The molecule has 298 valence electrons. The molecule has 0 spiro atoms. The fourth-order valence-electron chi connectivity index (χ4n) is 7.27. The minimum absolute atomic E-state index is 0.0818. The summed E-state index contributed by atoms with van der Waals surface area (Å²) < 4.78 is 0. The zero-order chi connectivity index (χ0) is 41.0. The Hall–Kier alpha value is -6.59. The first-order valence-corrected chi connectivity index (χ1v) is 19.7. The minimum atomic E-state index is -1.16. The van der Waals surface area contributed by atoms with Crippen LogP contribution in [0.2, 0.25) is 0 Å². The van der Waals surface area contributed by atoms with Crippen molar-refractivity contribution in [2.45, 2.75) is 69.6 Å². The number of rotatable bonds is 18. The van der Waals surface area contributed by atoms with Gasteiger partial charge in [0, 0.05) is 26.2 Å². The van der Waals surface area contributed by atoms with E-state index in [2.05, 4.69) is 21.3 Å². The van der Waals surface area contributed by atoms with Crippen molar-refractivity contribution >= 4 is 61.9 Å². The van der Waals surface area contributed by atoms with Crippen LogP contribution in [0.3, 0.4) is 0 Å². The highest BCUT2D eigenvalue weighted by Gasteiger charge is 2.31. The average Bonchev–Trinajstić information content (AvgIpc) is 3.22. The van der Waals surface area contributed by atoms with Gasteiger partial charge in [0.2, 0.25) is 29.5 Å². The Labute approximate surface area is 337 Å². The molecule has 5 amide bonds. The first-order chi connectivity index (χ1) is 28.1. The molecule has 11 heteroatoms. The molecule has 0 aliphatic rings. The lowest BCUT2D eigenvalue weighted by atomic mass is 9.98. The Morgan fingerprint density at radius 3 is 1.16 bits per heavy atom. The van der Waals surface area contributed by atoms with Gasteiger partial charge in [-0.05, 0) is 74.8 Å². The number of fused-ring (bicyclic) bond motifs is 3. The molecule has 0 bridgehead atoms. The number of carbonyl (C=O) groups excluding carboxylic acids is 5. The quantitative estimate of drug-likeness (QED) is 0.0685. The number of benzene rings is 6. The van der Waals surface area contributed by atoms with Gasteiger partial charge in [0.15, 0.2) is 0 Å². The van der Waals surface area contributed by atoms with Crippen molar-refractivity contribution in [2.75, 3.05) is 6.54 Å².